The Morgan fingerprint density at radius 2 is 0.739 bits per heavy atom. The summed E-state index contributed by atoms with van der Waals surface area (Å²) in [4.78, 5) is 6.87. The number of ether oxygens (including phenoxy) is 6. The third-order valence-electron chi connectivity index (χ3n) is 23.2. The summed E-state index contributed by atoms with van der Waals surface area (Å²) < 4.78 is 68.4. The van der Waals surface area contributed by atoms with Crippen molar-refractivity contribution < 1.29 is 41.0 Å². The highest BCUT2D eigenvalue weighted by molar-refractivity contribution is 7.99. The summed E-state index contributed by atoms with van der Waals surface area (Å²) in [6.45, 7) is 20.6. The van der Waals surface area contributed by atoms with E-state index < -0.39 is 19.4 Å². The molecule has 0 radical (unpaired) electrons. The van der Waals surface area contributed by atoms with Crippen LogP contribution in [-0.4, -0.2) is 178 Å². The highest BCUT2D eigenvalue weighted by Gasteiger charge is 2.34. The molecule has 32 heteroatoms. The van der Waals surface area contributed by atoms with E-state index in [1.54, 1.807) is 49.2 Å². The van der Waals surface area contributed by atoms with Crippen molar-refractivity contribution in [1.29, 1.82) is 21.0 Å². The first-order valence-corrected chi connectivity index (χ1v) is 52.6. The fourth-order valence-electron chi connectivity index (χ4n) is 17.1. The third-order valence-corrected chi connectivity index (χ3v) is 29.2. The largest absolute Gasteiger partial charge is 0.490 e. The minimum absolute atomic E-state index is 0.000665. The maximum atomic E-state index is 11.9. The number of hydrogen-bond donors (Lipinski definition) is 3. The molecule has 694 valence electrons. The zero-order valence-electron chi connectivity index (χ0n) is 77.4. The monoisotopic (exact) mass is 1910 g/mol. The van der Waals surface area contributed by atoms with Crippen LogP contribution in [0, 0.1) is 45.3 Å². The van der Waals surface area contributed by atoms with E-state index in [2.05, 4.69) is 170 Å². The van der Waals surface area contributed by atoms with Crippen LogP contribution in [0.5, 0.6) is 23.0 Å². The first-order valence-electron chi connectivity index (χ1n) is 44.9. The summed E-state index contributed by atoms with van der Waals surface area (Å²) in [5.41, 5.74) is 21.5. The fourth-order valence-corrected chi connectivity index (χ4v) is 21.7. The lowest BCUT2D eigenvalue weighted by Gasteiger charge is -2.29. The predicted octanol–water partition coefficient (Wildman–Crippen LogP) is 19.2. The molecule has 0 amide bonds. The Bertz CT molecular complexity index is 6460. The molecule has 0 saturated heterocycles. The van der Waals surface area contributed by atoms with Crippen LogP contribution in [0.1, 0.15) is 178 Å². The van der Waals surface area contributed by atoms with Crippen LogP contribution in [-0.2, 0) is 54.5 Å². The molecule has 5 aliphatic rings. The van der Waals surface area contributed by atoms with Crippen molar-refractivity contribution in [2.24, 2.45) is 4.99 Å². The van der Waals surface area contributed by atoms with E-state index in [-0.39, 0.29) is 42.3 Å². The standard InChI is InChI=1S/C27H32N4O3S.C26H25N5OS.C25H28N4O2S2.C24H26N4O3S2/c1-18(2)34-25-11-8-19(16-20(25)17-28)26-29-30-27(35-26)23-7-5-6-22-21(23)9-10-24(22)31(12-14-32-3)13-15-33-4;1-16(2)32-24-11-8-17(13-18(24)14-27)25-30-31-26(33-25)22-7-3-6-21-20(22)9-10-23(21)29-15-19-5-4-12-28-19;1-16(2)31-23-11-8-17(14-18(23)15-26)24-28-29-25(32-24)21-7-5-6-20-19(21)9-10-22(20)27-12-13-33(3,4)30;1-15(2)31-22-10-7-16(13-17(22)14-25)23-27-28-24(32-23)20-6-4-5-19-18(20)8-9-21(19)26-11-12-33(3,29)30/h5-8,11,16,18,24H,9-10,12-15H2,1-4H3;3-4,6-8,11-13,16,23,29H,5,9-10,15H2,1-2H3;5-8,11,14,16,22,27H,3,9-10,12-13H2,1-2,4H3;4-7,10,13,15,21,26H,8-9,11-12H2,1-3H3/t24-;23-;22-,33?;21-/m1110/s1. The molecule has 5 heterocycles. The maximum absolute atomic E-state index is 11.9. The van der Waals surface area contributed by atoms with Crippen LogP contribution in [0.15, 0.2) is 163 Å². The van der Waals surface area contributed by atoms with E-state index in [9.17, 15) is 33.7 Å². The number of nitriles is 4. The quantitative estimate of drug-likeness (QED) is 0.0315. The number of allylic oxidation sites excluding steroid dienone is 1. The number of nitrogens with one attached hydrogen (secondary N) is 3. The topological polar surface area (TPSA) is 357 Å². The third kappa shape index (κ3) is 24.9. The summed E-state index contributed by atoms with van der Waals surface area (Å²) in [5.74, 6) is 6.78. The van der Waals surface area contributed by atoms with Gasteiger partial charge in [-0.15, -0.1) is 40.8 Å². The fraction of sp³-hybridized carbons (Fsp3) is 0.373. The first-order chi connectivity index (χ1) is 64.7. The molecule has 0 spiro atoms. The number of benzene rings is 8. The van der Waals surface area contributed by atoms with Crippen LogP contribution in [0.2, 0.25) is 0 Å². The molecular formula is C102H111N17O9S6. The van der Waals surface area contributed by atoms with Crippen molar-refractivity contribution in [2.75, 3.05) is 84.2 Å². The van der Waals surface area contributed by atoms with Gasteiger partial charge in [0.2, 0.25) is 0 Å². The number of nitrogens with zero attached hydrogens (tertiary/aromatic N) is 14. The minimum atomic E-state index is -2.99. The molecule has 4 aliphatic carbocycles. The zero-order valence-corrected chi connectivity index (χ0v) is 82.3. The number of hydrogen-bond acceptors (Lipinski definition) is 30. The van der Waals surface area contributed by atoms with Crippen LogP contribution >= 0.6 is 45.3 Å². The van der Waals surface area contributed by atoms with Crippen molar-refractivity contribution in [3.63, 3.8) is 0 Å². The normalized spacial score (nSPS) is 16.0. The number of methoxy groups -OCH3 is 2. The zero-order chi connectivity index (χ0) is 94.7. The smallest absolute Gasteiger partial charge is 0.148 e. The Kier molecular flexibility index (Phi) is 33.4. The van der Waals surface area contributed by atoms with Crippen molar-refractivity contribution in [2.45, 2.75) is 162 Å². The molecule has 0 bridgehead atoms. The molecule has 1 aliphatic heterocycles. The van der Waals surface area contributed by atoms with E-state index in [1.807, 2.05) is 134 Å². The van der Waals surface area contributed by atoms with E-state index in [0.717, 1.165) is 162 Å². The van der Waals surface area contributed by atoms with E-state index in [1.165, 1.54) is 79.1 Å². The Morgan fingerprint density at radius 1 is 0.425 bits per heavy atom. The number of aromatic nitrogens is 8. The second-order valence-corrected chi connectivity index (χ2v) is 43.5. The second kappa shape index (κ2) is 45.6. The lowest BCUT2D eigenvalue weighted by atomic mass is 10.0. The number of fused-ring (bicyclic) bond motifs is 4. The Morgan fingerprint density at radius 3 is 1.04 bits per heavy atom. The SMILES string of the molecule is C=S(C)(=O)CCN[C@@H]1CCc2c(-c3nnc(-c4ccc(OC(C)C)c(C#N)c4)s3)cccc21.CC(C)Oc1ccc(-c2nnc(-c3cccc4c3CC[C@@H]4NCCS(C)(=O)=O)s2)cc1C#N.CC(C)Oc1ccc(-c2nnc(-c3cccc4c3CC[C@H]4NCC3=NC=CC3)s2)cc1C#N.COCCN(CCOC)[C@@H]1CCc2c(-c3nnc(-c4ccc(OC(C)C)c(C#N)c4)s3)cccc21. The van der Waals surface area contributed by atoms with Gasteiger partial charge in [-0.1, -0.05) is 124 Å². The molecule has 12 aromatic rings. The Balaban J connectivity index is 0.000000143. The van der Waals surface area contributed by atoms with Gasteiger partial charge in [0, 0.05) is 152 Å². The maximum Gasteiger partial charge on any atom is 0.148 e. The lowest BCUT2D eigenvalue weighted by Crippen LogP contribution is -2.33. The van der Waals surface area contributed by atoms with Crippen molar-refractivity contribution in [3.8, 4) is 132 Å². The van der Waals surface area contributed by atoms with Gasteiger partial charge in [-0.2, -0.15) is 21.0 Å². The molecule has 5 atom stereocenters. The van der Waals surface area contributed by atoms with Crippen LogP contribution in [0.3, 0.4) is 0 Å². The van der Waals surface area contributed by atoms with Crippen molar-refractivity contribution in [3.05, 3.63) is 225 Å². The molecule has 17 rings (SSSR count). The van der Waals surface area contributed by atoms with E-state index in [4.69, 9.17) is 28.4 Å². The Hall–Kier alpha value is -11.7. The summed E-state index contributed by atoms with van der Waals surface area (Å²) in [6.07, 6.45) is 15.8. The second-order valence-electron chi connectivity index (χ2n) is 34.5. The van der Waals surface area contributed by atoms with Gasteiger partial charge in [0.25, 0.3) is 0 Å². The van der Waals surface area contributed by atoms with E-state index in [0.29, 0.717) is 89.4 Å². The van der Waals surface area contributed by atoms with Crippen LogP contribution in [0.25, 0.3) is 84.6 Å². The summed E-state index contributed by atoms with van der Waals surface area (Å²) in [6, 6.07) is 57.7. The molecule has 0 fully saturated rings. The van der Waals surface area contributed by atoms with Gasteiger partial charge in [0.15, 0.2) is 0 Å². The van der Waals surface area contributed by atoms with Gasteiger partial charge in [0.05, 0.1) is 65.6 Å². The highest BCUT2D eigenvalue weighted by atomic mass is 32.2. The highest BCUT2D eigenvalue weighted by Crippen LogP contribution is 2.47. The molecule has 4 aromatic heterocycles. The average Bonchev–Trinajstić information content (AvgIpc) is 1.70. The summed E-state index contributed by atoms with van der Waals surface area (Å²) in [5, 5.41) is 91.1. The predicted molar refractivity (Wildman–Crippen MR) is 536 cm³/mol. The number of aliphatic imine (C=N–C) groups is 1. The molecule has 134 heavy (non-hydrogen) atoms. The molecule has 3 N–H and O–H groups in total. The average molecular weight is 1910 g/mol. The van der Waals surface area contributed by atoms with Gasteiger partial charge in [0.1, 0.15) is 97.2 Å². The van der Waals surface area contributed by atoms with Gasteiger partial charge < -0.3 is 44.4 Å². The van der Waals surface area contributed by atoms with Crippen LogP contribution in [0.4, 0.5) is 0 Å². The van der Waals surface area contributed by atoms with Gasteiger partial charge in [-0.25, -0.2) is 8.42 Å². The first kappa shape index (κ1) is 98.3. The lowest BCUT2D eigenvalue weighted by molar-refractivity contribution is 0.0872. The molecular weight excluding hydrogens is 1800 g/mol. The van der Waals surface area contributed by atoms with Crippen molar-refractivity contribution in [1.82, 2.24) is 61.6 Å². The minimum Gasteiger partial charge on any atom is -0.490 e. The van der Waals surface area contributed by atoms with E-state index >= 15 is 0 Å². The molecule has 1 unspecified atom stereocenters. The van der Waals surface area contributed by atoms with Gasteiger partial charge in [-0.3, -0.25) is 14.1 Å². The van der Waals surface area contributed by atoms with Crippen molar-refractivity contribution >= 4 is 76.3 Å². The molecule has 8 aromatic carbocycles. The van der Waals surface area contributed by atoms with Crippen LogP contribution < -0.4 is 34.9 Å². The number of rotatable bonds is 34. The summed E-state index contributed by atoms with van der Waals surface area (Å²) >= 11 is 6.14. The number of sulfone groups is 1. The Labute approximate surface area is 801 Å². The van der Waals surface area contributed by atoms with Gasteiger partial charge >= 0.3 is 0 Å². The van der Waals surface area contributed by atoms with Gasteiger partial charge in [-0.05, 0) is 239 Å². The molecule has 0 saturated carbocycles. The summed E-state index contributed by atoms with van der Waals surface area (Å²) in [7, 11) is -1.49. The molecule has 26 nitrogen and oxygen atoms in total.